The fraction of sp³-hybridized carbons (Fsp3) is 0.125. The van der Waals surface area contributed by atoms with Crippen LogP contribution in [0.4, 0.5) is 5.69 Å². The molecule has 0 amide bonds. The monoisotopic (exact) mass is 345 g/mol. The minimum atomic E-state index is -0.560. The number of nitro groups is 1. The Kier molecular flexibility index (Phi) is 4.72. The molecule has 3 aromatic rings. The Bertz CT molecular complexity index is 852. The Morgan fingerprint density at radius 1 is 1.21 bits per heavy atom. The molecule has 0 aliphatic rings. The summed E-state index contributed by atoms with van der Waals surface area (Å²) >= 11 is 5.76. The molecule has 122 valence electrons. The third-order valence-electron chi connectivity index (χ3n) is 3.18. The van der Waals surface area contributed by atoms with Crippen LogP contribution in [-0.2, 0) is 13.0 Å². The third kappa shape index (κ3) is 3.88. The van der Waals surface area contributed by atoms with Gasteiger partial charge in [0.15, 0.2) is 18.2 Å². The molecular formula is C16H12ClN3O4. The lowest BCUT2D eigenvalue weighted by Gasteiger charge is -2.04. The van der Waals surface area contributed by atoms with Gasteiger partial charge in [-0.25, -0.2) is 0 Å². The Labute approximate surface area is 142 Å². The van der Waals surface area contributed by atoms with Gasteiger partial charge in [-0.05, 0) is 17.7 Å². The number of nitrogens with zero attached hydrogens (tertiary/aromatic N) is 3. The molecule has 0 bridgehead atoms. The number of hydrogen-bond acceptors (Lipinski definition) is 6. The number of halogens is 1. The van der Waals surface area contributed by atoms with Crippen molar-refractivity contribution in [2.24, 2.45) is 0 Å². The molecule has 0 aliphatic carbocycles. The van der Waals surface area contributed by atoms with Crippen LogP contribution < -0.4 is 4.74 Å². The Morgan fingerprint density at radius 2 is 2.00 bits per heavy atom. The van der Waals surface area contributed by atoms with E-state index >= 15 is 0 Å². The van der Waals surface area contributed by atoms with E-state index in [0.717, 1.165) is 5.56 Å². The van der Waals surface area contributed by atoms with Gasteiger partial charge < -0.3 is 9.26 Å². The van der Waals surface area contributed by atoms with E-state index in [1.807, 2.05) is 30.3 Å². The zero-order chi connectivity index (χ0) is 16.9. The van der Waals surface area contributed by atoms with E-state index in [4.69, 9.17) is 20.9 Å². The van der Waals surface area contributed by atoms with Gasteiger partial charge in [0.05, 0.1) is 4.92 Å². The molecule has 24 heavy (non-hydrogen) atoms. The number of hydrogen-bond donors (Lipinski definition) is 0. The Hall–Kier alpha value is -2.93. The quantitative estimate of drug-likeness (QED) is 0.498. The minimum Gasteiger partial charge on any atom is -0.477 e. The van der Waals surface area contributed by atoms with Crippen LogP contribution in [-0.4, -0.2) is 15.1 Å². The maximum Gasteiger partial charge on any atom is 0.312 e. The molecule has 0 fully saturated rings. The van der Waals surface area contributed by atoms with E-state index in [-0.39, 0.29) is 29.0 Å². The molecule has 0 atom stereocenters. The van der Waals surface area contributed by atoms with E-state index in [9.17, 15) is 10.1 Å². The predicted octanol–water partition coefficient (Wildman–Crippen LogP) is 3.80. The largest absolute Gasteiger partial charge is 0.477 e. The van der Waals surface area contributed by atoms with Crippen molar-refractivity contribution < 1.29 is 14.2 Å². The summed E-state index contributed by atoms with van der Waals surface area (Å²) in [4.78, 5) is 14.7. The van der Waals surface area contributed by atoms with Gasteiger partial charge in [-0.2, -0.15) is 4.98 Å². The molecular weight excluding hydrogens is 334 g/mol. The molecule has 0 unspecified atom stereocenters. The summed E-state index contributed by atoms with van der Waals surface area (Å²) in [6.07, 6.45) is 0.533. The van der Waals surface area contributed by atoms with Crippen LogP contribution in [0.15, 0.2) is 53.1 Å². The Morgan fingerprint density at radius 3 is 2.75 bits per heavy atom. The SMILES string of the molecule is O=[N+]([O-])c1cc(Cl)ccc1OCc1nc(Cc2ccccc2)no1. The molecule has 0 radical (unpaired) electrons. The lowest BCUT2D eigenvalue weighted by molar-refractivity contribution is -0.385. The van der Waals surface area contributed by atoms with Crippen LogP contribution in [0, 0.1) is 10.1 Å². The van der Waals surface area contributed by atoms with Crippen molar-refractivity contribution in [2.45, 2.75) is 13.0 Å². The molecule has 3 rings (SSSR count). The average molecular weight is 346 g/mol. The Balaban J connectivity index is 1.67. The number of benzene rings is 2. The summed E-state index contributed by atoms with van der Waals surface area (Å²) in [5, 5.41) is 15.1. The van der Waals surface area contributed by atoms with E-state index in [0.29, 0.717) is 12.2 Å². The second-order valence-electron chi connectivity index (χ2n) is 4.92. The molecule has 8 heteroatoms. The van der Waals surface area contributed by atoms with Crippen LogP contribution in [0.2, 0.25) is 5.02 Å². The van der Waals surface area contributed by atoms with Crippen LogP contribution in [0.25, 0.3) is 0 Å². The predicted molar refractivity (Wildman–Crippen MR) is 86.0 cm³/mol. The fourth-order valence-electron chi connectivity index (χ4n) is 2.09. The standard InChI is InChI=1S/C16H12ClN3O4/c17-12-6-7-14(13(9-12)20(21)22)23-10-16-18-15(19-24-16)8-11-4-2-1-3-5-11/h1-7,9H,8,10H2. The first-order chi connectivity index (χ1) is 11.6. The third-order valence-corrected chi connectivity index (χ3v) is 3.42. The van der Waals surface area contributed by atoms with Gasteiger partial charge in [-0.15, -0.1) is 0 Å². The zero-order valence-electron chi connectivity index (χ0n) is 12.4. The van der Waals surface area contributed by atoms with Crippen LogP contribution >= 0.6 is 11.6 Å². The second kappa shape index (κ2) is 7.10. The zero-order valence-corrected chi connectivity index (χ0v) is 13.1. The summed E-state index contributed by atoms with van der Waals surface area (Å²) in [6.45, 7) is -0.0652. The normalized spacial score (nSPS) is 10.5. The molecule has 1 aromatic heterocycles. The van der Waals surface area contributed by atoms with Crippen molar-refractivity contribution in [2.75, 3.05) is 0 Å². The van der Waals surface area contributed by atoms with Crippen molar-refractivity contribution in [3.8, 4) is 5.75 Å². The van der Waals surface area contributed by atoms with Gasteiger partial charge in [0.25, 0.3) is 5.89 Å². The van der Waals surface area contributed by atoms with E-state index < -0.39 is 4.92 Å². The smallest absolute Gasteiger partial charge is 0.312 e. The minimum absolute atomic E-state index is 0.0652. The van der Waals surface area contributed by atoms with Gasteiger partial charge in [0, 0.05) is 17.5 Å². The first kappa shape index (κ1) is 15.9. The lowest BCUT2D eigenvalue weighted by atomic mass is 10.1. The highest BCUT2D eigenvalue weighted by molar-refractivity contribution is 6.30. The molecule has 2 aromatic carbocycles. The summed E-state index contributed by atoms with van der Waals surface area (Å²) in [5.41, 5.74) is 0.839. The lowest BCUT2D eigenvalue weighted by Crippen LogP contribution is -2.00. The van der Waals surface area contributed by atoms with Crippen molar-refractivity contribution in [1.29, 1.82) is 0 Å². The van der Waals surface area contributed by atoms with E-state index in [1.54, 1.807) is 0 Å². The highest BCUT2D eigenvalue weighted by Gasteiger charge is 2.17. The van der Waals surface area contributed by atoms with Crippen LogP contribution in [0.3, 0.4) is 0 Å². The average Bonchev–Trinajstić information content (AvgIpc) is 3.02. The van der Waals surface area contributed by atoms with E-state index in [2.05, 4.69) is 10.1 Å². The first-order valence-corrected chi connectivity index (χ1v) is 7.42. The molecule has 7 nitrogen and oxygen atoms in total. The summed E-state index contributed by atoms with van der Waals surface area (Å²) in [6, 6.07) is 13.9. The fourth-order valence-corrected chi connectivity index (χ4v) is 2.26. The van der Waals surface area contributed by atoms with Crippen molar-refractivity contribution in [1.82, 2.24) is 10.1 Å². The summed E-state index contributed by atoms with van der Waals surface area (Å²) in [7, 11) is 0. The molecule has 0 N–H and O–H groups in total. The second-order valence-corrected chi connectivity index (χ2v) is 5.36. The highest BCUT2D eigenvalue weighted by Crippen LogP contribution is 2.30. The van der Waals surface area contributed by atoms with Crippen molar-refractivity contribution in [3.63, 3.8) is 0 Å². The number of rotatable bonds is 6. The van der Waals surface area contributed by atoms with Gasteiger partial charge in [0.2, 0.25) is 0 Å². The molecule has 0 spiro atoms. The maximum absolute atomic E-state index is 11.0. The molecule has 1 heterocycles. The molecule has 0 aliphatic heterocycles. The first-order valence-electron chi connectivity index (χ1n) is 7.04. The van der Waals surface area contributed by atoms with Crippen molar-refractivity contribution in [3.05, 3.63) is 80.9 Å². The molecule has 0 saturated heterocycles. The molecule has 0 saturated carbocycles. The maximum atomic E-state index is 11.0. The van der Waals surface area contributed by atoms with Gasteiger partial charge in [0.1, 0.15) is 0 Å². The van der Waals surface area contributed by atoms with Crippen LogP contribution in [0.1, 0.15) is 17.3 Å². The summed E-state index contributed by atoms with van der Waals surface area (Å²) < 4.78 is 10.5. The van der Waals surface area contributed by atoms with Crippen LogP contribution in [0.5, 0.6) is 5.75 Å². The number of nitro benzene ring substituents is 1. The van der Waals surface area contributed by atoms with Gasteiger partial charge in [-0.3, -0.25) is 10.1 Å². The van der Waals surface area contributed by atoms with Crippen molar-refractivity contribution >= 4 is 17.3 Å². The highest BCUT2D eigenvalue weighted by atomic mass is 35.5. The topological polar surface area (TPSA) is 91.3 Å². The van der Waals surface area contributed by atoms with Gasteiger partial charge >= 0.3 is 5.69 Å². The van der Waals surface area contributed by atoms with E-state index in [1.165, 1.54) is 18.2 Å². The number of aromatic nitrogens is 2. The summed E-state index contributed by atoms with van der Waals surface area (Å²) in [5.74, 6) is 0.850. The number of ether oxygens (including phenoxy) is 1. The van der Waals surface area contributed by atoms with Gasteiger partial charge in [-0.1, -0.05) is 47.1 Å².